The molecule has 1 aromatic carbocycles. The van der Waals surface area contributed by atoms with Crippen LogP contribution in [-0.4, -0.2) is 37.5 Å². The molecule has 1 fully saturated rings. The molecule has 0 aliphatic carbocycles. The van der Waals surface area contributed by atoms with E-state index in [4.69, 9.17) is 4.98 Å². The summed E-state index contributed by atoms with van der Waals surface area (Å²) in [4.78, 5) is 12.9. The van der Waals surface area contributed by atoms with Crippen LogP contribution >= 0.6 is 0 Å². The summed E-state index contributed by atoms with van der Waals surface area (Å²) in [5.74, 6) is 1.47. The predicted molar refractivity (Wildman–Crippen MR) is 117 cm³/mol. The Kier molecular flexibility index (Phi) is 4.92. The Hall–Kier alpha value is -2.70. The number of hydrogen-bond donors (Lipinski definition) is 3. The fourth-order valence-corrected chi connectivity index (χ4v) is 4.18. The molecule has 0 spiro atoms. The van der Waals surface area contributed by atoms with Gasteiger partial charge in [0.15, 0.2) is 5.65 Å². The first kappa shape index (κ1) is 19.6. The van der Waals surface area contributed by atoms with Crippen LogP contribution in [0.2, 0.25) is 0 Å². The van der Waals surface area contributed by atoms with E-state index in [1.807, 2.05) is 36.7 Å². The van der Waals surface area contributed by atoms with Crippen LogP contribution in [-0.2, 0) is 5.60 Å². The molecule has 6 nitrogen and oxygen atoms in total. The van der Waals surface area contributed by atoms with Crippen LogP contribution < -0.4 is 5.32 Å². The first-order valence-electron chi connectivity index (χ1n) is 9.91. The van der Waals surface area contributed by atoms with Gasteiger partial charge in [-0.3, -0.25) is 4.40 Å². The molecular formula is C23H29N5O. The molecule has 4 aromatic rings. The van der Waals surface area contributed by atoms with Crippen molar-refractivity contribution >= 4 is 16.7 Å². The molecule has 1 saturated heterocycles. The van der Waals surface area contributed by atoms with Gasteiger partial charge in [0.2, 0.25) is 0 Å². The van der Waals surface area contributed by atoms with Crippen molar-refractivity contribution in [1.29, 1.82) is 0 Å². The van der Waals surface area contributed by atoms with Crippen molar-refractivity contribution in [3.63, 3.8) is 0 Å². The predicted octanol–water partition coefficient (Wildman–Crippen LogP) is 4.21. The molecule has 1 atom stereocenters. The Balaban J connectivity index is 0.00000205. The number of nitrogens with zero attached hydrogens (tertiary/aromatic N) is 3. The Morgan fingerprint density at radius 2 is 1.93 bits per heavy atom. The van der Waals surface area contributed by atoms with Crippen LogP contribution in [0.15, 0.2) is 42.7 Å². The second-order valence-electron chi connectivity index (χ2n) is 8.19. The van der Waals surface area contributed by atoms with Gasteiger partial charge in [-0.25, -0.2) is 9.97 Å². The smallest absolute Gasteiger partial charge is 0.154 e. The molecule has 4 heterocycles. The van der Waals surface area contributed by atoms with Crippen molar-refractivity contribution in [3.05, 3.63) is 54.1 Å². The maximum absolute atomic E-state index is 10.3. The standard InChI is InChI=1S/C22H25N5O.CH4/c1-22(2,28)16-7-5-14(6-8-16)19-18-13-25-20-17(9-11-24-20)27(18)21(26-19)15-4-3-10-23-12-15;/h5-9,11,13,15,23-24,28H,3-4,10,12H2,1-2H3;1H4. The van der Waals surface area contributed by atoms with Gasteiger partial charge in [0.05, 0.1) is 28.5 Å². The van der Waals surface area contributed by atoms with Crippen LogP contribution in [0.4, 0.5) is 0 Å². The number of benzene rings is 1. The van der Waals surface area contributed by atoms with E-state index in [1.54, 1.807) is 13.8 Å². The van der Waals surface area contributed by atoms with E-state index in [0.29, 0.717) is 5.92 Å². The van der Waals surface area contributed by atoms with Gasteiger partial charge in [0.25, 0.3) is 0 Å². The summed E-state index contributed by atoms with van der Waals surface area (Å²) < 4.78 is 2.26. The Morgan fingerprint density at radius 1 is 1.14 bits per heavy atom. The summed E-state index contributed by atoms with van der Waals surface area (Å²) in [6, 6.07) is 10.1. The number of fused-ring (bicyclic) bond motifs is 3. The quantitative estimate of drug-likeness (QED) is 0.489. The lowest BCUT2D eigenvalue weighted by Crippen LogP contribution is -2.29. The molecule has 0 bridgehead atoms. The van der Waals surface area contributed by atoms with E-state index in [9.17, 15) is 5.11 Å². The van der Waals surface area contributed by atoms with Crippen LogP contribution in [0.3, 0.4) is 0 Å². The van der Waals surface area contributed by atoms with Crippen LogP contribution in [0.5, 0.6) is 0 Å². The Bertz CT molecular complexity index is 1130. The zero-order valence-corrected chi connectivity index (χ0v) is 16.2. The highest BCUT2D eigenvalue weighted by atomic mass is 16.3. The average Bonchev–Trinajstić information content (AvgIpc) is 3.32. The van der Waals surface area contributed by atoms with E-state index in [-0.39, 0.29) is 7.43 Å². The van der Waals surface area contributed by atoms with E-state index >= 15 is 0 Å². The molecule has 29 heavy (non-hydrogen) atoms. The fraction of sp³-hybridized carbons (Fsp3) is 0.391. The molecule has 152 valence electrons. The van der Waals surface area contributed by atoms with Gasteiger partial charge in [0.1, 0.15) is 5.82 Å². The molecule has 1 aliphatic rings. The zero-order chi connectivity index (χ0) is 19.3. The Labute approximate surface area is 171 Å². The highest BCUT2D eigenvalue weighted by Gasteiger charge is 2.24. The SMILES string of the molecule is C.CC(C)(O)c1ccc(-c2nc(C3CCCNC3)n3c2cnc2[nH]ccc23)cc1. The lowest BCUT2D eigenvalue weighted by Gasteiger charge is -2.21. The maximum atomic E-state index is 10.3. The number of aromatic amines is 1. The topological polar surface area (TPSA) is 78.2 Å². The summed E-state index contributed by atoms with van der Waals surface area (Å²) in [6.07, 6.45) is 6.14. The minimum absolute atomic E-state index is 0. The molecule has 3 N–H and O–H groups in total. The third-order valence-electron chi connectivity index (χ3n) is 5.73. The van der Waals surface area contributed by atoms with Crippen molar-refractivity contribution < 1.29 is 5.11 Å². The monoisotopic (exact) mass is 391 g/mol. The van der Waals surface area contributed by atoms with Crippen molar-refractivity contribution in [1.82, 2.24) is 24.7 Å². The molecule has 1 unspecified atom stereocenters. The van der Waals surface area contributed by atoms with E-state index in [2.05, 4.69) is 25.8 Å². The number of imidazole rings is 1. The first-order chi connectivity index (χ1) is 13.5. The molecule has 0 saturated carbocycles. The second-order valence-corrected chi connectivity index (χ2v) is 8.19. The summed E-state index contributed by atoms with van der Waals surface area (Å²) in [7, 11) is 0. The zero-order valence-electron chi connectivity index (χ0n) is 16.2. The molecule has 1 aliphatic heterocycles. The third kappa shape index (κ3) is 3.32. The summed E-state index contributed by atoms with van der Waals surface area (Å²) >= 11 is 0. The van der Waals surface area contributed by atoms with Gasteiger partial charge in [-0.1, -0.05) is 31.7 Å². The highest BCUT2D eigenvalue weighted by Crippen LogP contribution is 2.33. The number of rotatable bonds is 3. The van der Waals surface area contributed by atoms with Crippen molar-refractivity contribution in [2.24, 2.45) is 0 Å². The van der Waals surface area contributed by atoms with E-state index in [0.717, 1.165) is 65.3 Å². The number of H-pyrrole nitrogens is 1. The van der Waals surface area contributed by atoms with E-state index in [1.165, 1.54) is 0 Å². The van der Waals surface area contributed by atoms with Crippen molar-refractivity contribution in [3.8, 4) is 11.3 Å². The largest absolute Gasteiger partial charge is 0.386 e. The average molecular weight is 392 g/mol. The highest BCUT2D eigenvalue weighted by molar-refractivity contribution is 5.84. The second kappa shape index (κ2) is 7.28. The number of piperidine rings is 1. The summed E-state index contributed by atoms with van der Waals surface area (Å²) in [5.41, 5.74) is 4.97. The maximum Gasteiger partial charge on any atom is 0.154 e. The fourth-order valence-electron chi connectivity index (χ4n) is 4.18. The third-order valence-corrected chi connectivity index (χ3v) is 5.73. The van der Waals surface area contributed by atoms with Gasteiger partial charge in [-0.15, -0.1) is 0 Å². The lowest BCUT2D eigenvalue weighted by atomic mass is 9.96. The van der Waals surface area contributed by atoms with Crippen molar-refractivity contribution in [2.45, 2.75) is 45.6 Å². The van der Waals surface area contributed by atoms with Gasteiger partial charge >= 0.3 is 0 Å². The van der Waals surface area contributed by atoms with Gasteiger partial charge < -0.3 is 15.4 Å². The van der Waals surface area contributed by atoms with E-state index < -0.39 is 5.60 Å². The van der Waals surface area contributed by atoms with Gasteiger partial charge in [-0.2, -0.15) is 0 Å². The minimum Gasteiger partial charge on any atom is -0.386 e. The first-order valence-corrected chi connectivity index (χ1v) is 9.91. The van der Waals surface area contributed by atoms with Gasteiger partial charge in [0, 0.05) is 24.2 Å². The minimum atomic E-state index is -0.855. The molecule has 0 amide bonds. The molecule has 0 radical (unpaired) electrons. The summed E-state index contributed by atoms with van der Waals surface area (Å²) in [6.45, 7) is 5.63. The van der Waals surface area contributed by atoms with Crippen LogP contribution in [0.25, 0.3) is 27.9 Å². The van der Waals surface area contributed by atoms with Crippen LogP contribution in [0, 0.1) is 0 Å². The number of aliphatic hydroxyl groups is 1. The normalized spacial score (nSPS) is 17.6. The van der Waals surface area contributed by atoms with Gasteiger partial charge in [-0.05, 0) is 44.9 Å². The molecule has 6 heteroatoms. The molecule has 5 rings (SSSR count). The number of nitrogens with one attached hydrogen (secondary N) is 2. The molecule has 3 aromatic heterocycles. The molecular weight excluding hydrogens is 362 g/mol. The number of aromatic nitrogens is 4. The van der Waals surface area contributed by atoms with Crippen LogP contribution in [0.1, 0.15) is 51.4 Å². The number of hydrogen-bond acceptors (Lipinski definition) is 4. The lowest BCUT2D eigenvalue weighted by molar-refractivity contribution is 0.0786. The van der Waals surface area contributed by atoms with Crippen molar-refractivity contribution in [2.75, 3.05) is 13.1 Å². The summed E-state index contributed by atoms with van der Waals surface area (Å²) in [5, 5.41) is 13.8. The Morgan fingerprint density at radius 3 is 2.62 bits per heavy atom.